The predicted octanol–water partition coefficient (Wildman–Crippen LogP) is 3.64. The molecule has 2 aromatic rings. The van der Waals surface area contributed by atoms with Crippen molar-refractivity contribution in [2.24, 2.45) is 0 Å². The van der Waals surface area contributed by atoms with Gasteiger partial charge in [-0.25, -0.2) is 0 Å². The summed E-state index contributed by atoms with van der Waals surface area (Å²) in [7, 11) is 0. The van der Waals surface area contributed by atoms with Gasteiger partial charge < -0.3 is 5.32 Å². The summed E-state index contributed by atoms with van der Waals surface area (Å²) in [6.07, 6.45) is 3.63. The van der Waals surface area contributed by atoms with Gasteiger partial charge >= 0.3 is 0 Å². The highest BCUT2D eigenvalue weighted by atomic mass is 14.9. The van der Waals surface area contributed by atoms with Gasteiger partial charge in [-0.1, -0.05) is 54.1 Å². The van der Waals surface area contributed by atoms with Gasteiger partial charge in [0.25, 0.3) is 0 Å². The van der Waals surface area contributed by atoms with Gasteiger partial charge in [-0.15, -0.1) is 0 Å². The van der Waals surface area contributed by atoms with E-state index in [2.05, 4.69) is 60.8 Å². The van der Waals surface area contributed by atoms with E-state index in [0.29, 0.717) is 6.04 Å². The number of fused-ring (bicyclic) bond motifs is 1. The zero-order valence-corrected chi connectivity index (χ0v) is 11.5. The first-order valence-electron chi connectivity index (χ1n) is 7.17. The van der Waals surface area contributed by atoms with Crippen LogP contribution in [0.2, 0.25) is 0 Å². The van der Waals surface area contributed by atoms with Crippen LogP contribution in [0.25, 0.3) is 0 Å². The first-order chi connectivity index (χ1) is 9.31. The van der Waals surface area contributed by atoms with Crippen LogP contribution < -0.4 is 5.32 Å². The lowest BCUT2D eigenvalue weighted by Gasteiger charge is -2.26. The third kappa shape index (κ3) is 3.05. The van der Waals surface area contributed by atoms with Gasteiger partial charge in [-0.05, 0) is 42.9 Å². The number of rotatable bonds is 3. The van der Waals surface area contributed by atoms with Crippen LogP contribution in [0.3, 0.4) is 0 Å². The van der Waals surface area contributed by atoms with Crippen molar-refractivity contribution in [2.45, 2.75) is 38.8 Å². The molecule has 1 N–H and O–H groups in total. The van der Waals surface area contributed by atoms with E-state index < -0.39 is 0 Å². The zero-order chi connectivity index (χ0) is 13.1. The second-order valence-electron chi connectivity index (χ2n) is 5.58. The second-order valence-corrected chi connectivity index (χ2v) is 5.58. The molecule has 0 saturated heterocycles. The van der Waals surface area contributed by atoms with Crippen molar-refractivity contribution in [1.29, 1.82) is 0 Å². The molecular weight excluding hydrogens is 230 g/mol. The number of hydrogen-bond donors (Lipinski definition) is 1. The lowest BCUT2D eigenvalue weighted by atomic mass is 9.87. The fraction of sp³-hybridized carbons (Fsp3) is 0.333. The molecule has 0 radical (unpaired) electrons. The molecule has 1 nitrogen and oxygen atoms in total. The minimum absolute atomic E-state index is 0.621. The van der Waals surface area contributed by atoms with Crippen LogP contribution in [0.4, 0.5) is 0 Å². The number of benzene rings is 2. The van der Waals surface area contributed by atoms with Gasteiger partial charge in [-0.2, -0.15) is 0 Å². The molecule has 19 heavy (non-hydrogen) atoms. The molecule has 3 rings (SSSR count). The Kier molecular flexibility index (Phi) is 3.65. The zero-order valence-electron chi connectivity index (χ0n) is 11.5. The van der Waals surface area contributed by atoms with E-state index in [1.54, 1.807) is 5.56 Å². The van der Waals surface area contributed by atoms with Gasteiger partial charge in [0.05, 0.1) is 0 Å². The van der Waals surface area contributed by atoms with Crippen LogP contribution in [0.15, 0.2) is 48.5 Å². The average Bonchev–Trinajstić information content (AvgIpc) is 2.46. The Balaban J connectivity index is 1.61. The van der Waals surface area contributed by atoms with Crippen molar-refractivity contribution in [3.63, 3.8) is 0 Å². The van der Waals surface area contributed by atoms with E-state index in [9.17, 15) is 0 Å². The summed E-state index contributed by atoms with van der Waals surface area (Å²) >= 11 is 0. The van der Waals surface area contributed by atoms with Crippen LogP contribution >= 0.6 is 0 Å². The molecule has 0 aromatic heterocycles. The van der Waals surface area contributed by atoms with Crippen LogP contribution in [-0.4, -0.2) is 6.04 Å². The highest BCUT2D eigenvalue weighted by molar-refractivity contribution is 5.34. The van der Waals surface area contributed by atoms with E-state index in [1.165, 1.54) is 36.0 Å². The fourth-order valence-electron chi connectivity index (χ4n) is 2.92. The molecule has 0 aliphatic heterocycles. The average molecular weight is 251 g/mol. The van der Waals surface area contributed by atoms with Gasteiger partial charge in [0.2, 0.25) is 0 Å². The highest BCUT2D eigenvalue weighted by Crippen LogP contribution is 2.22. The molecule has 98 valence electrons. The third-order valence-corrected chi connectivity index (χ3v) is 4.03. The summed E-state index contributed by atoms with van der Waals surface area (Å²) in [5.41, 5.74) is 5.84. The third-order valence-electron chi connectivity index (χ3n) is 4.03. The predicted molar refractivity (Wildman–Crippen MR) is 80.3 cm³/mol. The van der Waals surface area contributed by atoms with E-state index >= 15 is 0 Å². The maximum Gasteiger partial charge on any atom is 0.0208 e. The van der Waals surface area contributed by atoms with Crippen molar-refractivity contribution < 1.29 is 0 Å². The molecule has 2 aromatic carbocycles. The first kappa shape index (κ1) is 12.4. The summed E-state index contributed by atoms with van der Waals surface area (Å²) in [6.45, 7) is 3.16. The van der Waals surface area contributed by atoms with Crippen molar-refractivity contribution in [3.8, 4) is 0 Å². The molecule has 0 fully saturated rings. The van der Waals surface area contributed by atoms with E-state index in [-0.39, 0.29) is 0 Å². The molecular formula is C18H21N. The molecule has 0 saturated carbocycles. The Morgan fingerprint density at radius 2 is 1.89 bits per heavy atom. The van der Waals surface area contributed by atoms with Crippen molar-refractivity contribution in [2.75, 3.05) is 0 Å². The number of nitrogens with one attached hydrogen (secondary N) is 1. The number of hydrogen-bond acceptors (Lipinski definition) is 1. The number of aryl methyl sites for hydroxylation is 2. The van der Waals surface area contributed by atoms with Crippen LogP contribution in [0.1, 0.15) is 28.7 Å². The van der Waals surface area contributed by atoms with Crippen molar-refractivity contribution in [3.05, 3.63) is 70.8 Å². The lowest BCUT2D eigenvalue weighted by Crippen LogP contribution is -2.34. The van der Waals surface area contributed by atoms with Gasteiger partial charge in [0.1, 0.15) is 0 Å². The van der Waals surface area contributed by atoms with Crippen molar-refractivity contribution in [1.82, 2.24) is 5.32 Å². The van der Waals surface area contributed by atoms with E-state index in [1.807, 2.05) is 0 Å². The molecule has 0 spiro atoms. The van der Waals surface area contributed by atoms with E-state index in [0.717, 1.165) is 6.54 Å². The monoisotopic (exact) mass is 251 g/mol. The summed E-state index contributed by atoms with van der Waals surface area (Å²) in [5, 5.41) is 3.69. The fourth-order valence-corrected chi connectivity index (χ4v) is 2.92. The summed E-state index contributed by atoms with van der Waals surface area (Å²) in [4.78, 5) is 0. The Labute approximate surface area is 115 Å². The largest absolute Gasteiger partial charge is 0.310 e. The Morgan fingerprint density at radius 1 is 1.05 bits per heavy atom. The van der Waals surface area contributed by atoms with Crippen LogP contribution in [-0.2, 0) is 19.4 Å². The van der Waals surface area contributed by atoms with Crippen LogP contribution in [0.5, 0.6) is 0 Å². The van der Waals surface area contributed by atoms with E-state index in [4.69, 9.17) is 0 Å². The lowest BCUT2D eigenvalue weighted by molar-refractivity contribution is 0.457. The molecule has 1 heteroatoms. The first-order valence-corrected chi connectivity index (χ1v) is 7.17. The molecule has 0 heterocycles. The van der Waals surface area contributed by atoms with Gasteiger partial charge in [0.15, 0.2) is 0 Å². The molecule has 0 amide bonds. The topological polar surface area (TPSA) is 12.0 Å². The minimum atomic E-state index is 0.621. The molecule has 1 aliphatic carbocycles. The normalized spacial score (nSPS) is 18.1. The smallest absolute Gasteiger partial charge is 0.0208 e. The molecule has 1 aliphatic rings. The molecule has 1 unspecified atom stereocenters. The summed E-state index contributed by atoms with van der Waals surface area (Å²) < 4.78 is 0. The van der Waals surface area contributed by atoms with Gasteiger partial charge in [-0.3, -0.25) is 0 Å². The van der Waals surface area contributed by atoms with Crippen molar-refractivity contribution >= 4 is 0 Å². The molecule has 1 atom stereocenters. The maximum atomic E-state index is 3.69. The standard InChI is InChI=1S/C18H21N/c1-14-7-8-17-12-18(10-9-16(17)11-14)19-13-15-5-3-2-4-6-15/h2-8,11,18-19H,9-10,12-13H2,1H3. The summed E-state index contributed by atoms with van der Waals surface area (Å²) in [5.74, 6) is 0. The Morgan fingerprint density at radius 3 is 2.74 bits per heavy atom. The SMILES string of the molecule is Cc1ccc2c(c1)CCC(NCc1ccccc1)C2. The quantitative estimate of drug-likeness (QED) is 0.878. The maximum absolute atomic E-state index is 3.69. The highest BCUT2D eigenvalue weighted by Gasteiger charge is 2.17. The van der Waals surface area contributed by atoms with Crippen LogP contribution in [0, 0.1) is 6.92 Å². The van der Waals surface area contributed by atoms with Gasteiger partial charge in [0, 0.05) is 12.6 Å². The summed E-state index contributed by atoms with van der Waals surface area (Å²) in [6, 6.07) is 18.2. The second kappa shape index (κ2) is 5.58. The Bertz CT molecular complexity index is 545. The molecule has 0 bridgehead atoms. The Hall–Kier alpha value is -1.60. The minimum Gasteiger partial charge on any atom is -0.310 e.